The highest BCUT2D eigenvalue weighted by molar-refractivity contribution is 7.14. The van der Waals surface area contributed by atoms with Crippen molar-refractivity contribution in [1.82, 2.24) is 14.9 Å². The van der Waals surface area contributed by atoms with Crippen molar-refractivity contribution in [3.63, 3.8) is 0 Å². The van der Waals surface area contributed by atoms with Crippen molar-refractivity contribution in [3.8, 4) is 17.0 Å². The number of nitrogens with one attached hydrogen (secondary N) is 1. The number of hydrogen-bond acceptors (Lipinski definition) is 8. The average Bonchev–Trinajstić information content (AvgIpc) is 3.51. The highest BCUT2D eigenvalue weighted by Gasteiger charge is 2.30. The van der Waals surface area contributed by atoms with Crippen molar-refractivity contribution in [2.45, 2.75) is 45.9 Å². The van der Waals surface area contributed by atoms with Crippen LogP contribution >= 0.6 is 11.3 Å². The van der Waals surface area contributed by atoms with Gasteiger partial charge in [-0.05, 0) is 49.2 Å². The van der Waals surface area contributed by atoms with E-state index >= 15 is 0 Å². The van der Waals surface area contributed by atoms with E-state index in [1.54, 1.807) is 0 Å². The van der Waals surface area contributed by atoms with Gasteiger partial charge in [-0.3, -0.25) is 20.0 Å². The lowest BCUT2D eigenvalue weighted by Gasteiger charge is -2.30. The first-order valence-corrected chi connectivity index (χ1v) is 15.8. The minimum atomic E-state index is -0.980. The maximum atomic E-state index is 13.9. The van der Waals surface area contributed by atoms with Gasteiger partial charge in [-0.2, -0.15) is 0 Å². The molecule has 0 radical (unpaired) electrons. The summed E-state index contributed by atoms with van der Waals surface area (Å²) in [5, 5.41) is 5.91. The summed E-state index contributed by atoms with van der Waals surface area (Å²) in [4.78, 5) is 39.0. The molecule has 5 aromatic rings. The normalized spacial score (nSPS) is 13.7. The number of carbonyl (C=O) groups is 2. The summed E-state index contributed by atoms with van der Waals surface area (Å²) < 4.78 is 11.5. The summed E-state index contributed by atoms with van der Waals surface area (Å²) in [6, 6.07) is 25.6. The van der Waals surface area contributed by atoms with E-state index in [1.807, 2.05) is 86.0 Å². The van der Waals surface area contributed by atoms with E-state index in [1.165, 1.54) is 16.9 Å². The van der Waals surface area contributed by atoms with E-state index in [0.717, 1.165) is 58.7 Å². The number of hydrogen-bond donors (Lipinski definition) is 1. The Hall–Kier alpha value is -4.60. The van der Waals surface area contributed by atoms with Crippen LogP contribution in [0.3, 0.4) is 0 Å². The van der Waals surface area contributed by atoms with Crippen molar-refractivity contribution in [1.29, 1.82) is 0 Å². The predicted octanol–water partition coefficient (Wildman–Crippen LogP) is 6.89. The van der Waals surface area contributed by atoms with Crippen LogP contribution in [-0.4, -0.2) is 46.0 Å². The van der Waals surface area contributed by atoms with Gasteiger partial charge in [0, 0.05) is 53.6 Å². The van der Waals surface area contributed by atoms with Crippen molar-refractivity contribution in [2.75, 3.05) is 18.5 Å². The molecule has 0 saturated carbocycles. The van der Waals surface area contributed by atoms with Gasteiger partial charge in [-0.25, -0.2) is 9.78 Å². The summed E-state index contributed by atoms with van der Waals surface area (Å²) >= 11 is 1.32. The van der Waals surface area contributed by atoms with Crippen LogP contribution in [0.1, 0.15) is 47.4 Å². The number of aromatic nitrogens is 2. The van der Waals surface area contributed by atoms with E-state index < -0.39 is 18.0 Å². The highest BCUT2D eigenvalue weighted by Crippen LogP contribution is 2.31. The largest absolute Gasteiger partial charge is 0.494 e. The van der Waals surface area contributed by atoms with E-state index in [2.05, 4.69) is 27.3 Å². The van der Waals surface area contributed by atoms with Crippen molar-refractivity contribution in [2.24, 2.45) is 0 Å². The summed E-state index contributed by atoms with van der Waals surface area (Å²) in [6.45, 7) is 6.55. The van der Waals surface area contributed by atoms with Crippen LogP contribution in [-0.2, 0) is 29.0 Å². The first-order valence-electron chi connectivity index (χ1n) is 14.9. The minimum absolute atomic E-state index is 0.319. The van der Waals surface area contributed by atoms with Crippen LogP contribution in [0.15, 0.2) is 84.2 Å². The molecule has 9 heteroatoms. The molecular formula is C35H34N4O4S. The van der Waals surface area contributed by atoms with Crippen LogP contribution in [0, 0.1) is 0 Å². The van der Waals surface area contributed by atoms with E-state index in [-0.39, 0.29) is 0 Å². The molecule has 0 fully saturated rings. The second-order valence-electron chi connectivity index (χ2n) is 10.7. The summed E-state index contributed by atoms with van der Waals surface area (Å²) in [5.41, 5.74) is 5.88. The fourth-order valence-electron chi connectivity index (χ4n) is 5.50. The second kappa shape index (κ2) is 13.4. The Labute approximate surface area is 260 Å². The number of ether oxygens (including phenoxy) is 2. The number of esters is 1. The molecule has 0 spiro atoms. The van der Waals surface area contributed by atoms with Gasteiger partial charge in [-0.1, -0.05) is 55.5 Å². The van der Waals surface area contributed by atoms with Gasteiger partial charge >= 0.3 is 5.97 Å². The predicted molar refractivity (Wildman–Crippen MR) is 173 cm³/mol. The molecule has 44 heavy (non-hydrogen) atoms. The number of nitrogens with zero attached hydrogens (tertiary/aromatic N) is 3. The van der Waals surface area contributed by atoms with Crippen LogP contribution < -0.4 is 10.1 Å². The minimum Gasteiger partial charge on any atom is -0.494 e. The Balaban J connectivity index is 1.20. The molecule has 2 aromatic heterocycles. The number of thiazole rings is 1. The number of benzene rings is 3. The second-order valence-corrected chi connectivity index (χ2v) is 11.5. The van der Waals surface area contributed by atoms with Gasteiger partial charge in [0.1, 0.15) is 5.75 Å². The van der Waals surface area contributed by atoms with Crippen LogP contribution in [0.2, 0.25) is 0 Å². The van der Waals surface area contributed by atoms with Crippen molar-refractivity contribution >= 4 is 39.2 Å². The molecule has 3 aromatic carbocycles. The van der Waals surface area contributed by atoms with Gasteiger partial charge < -0.3 is 9.47 Å². The maximum absolute atomic E-state index is 13.9. The van der Waals surface area contributed by atoms with E-state index in [0.29, 0.717) is 30.3 Å². The summed E-state index contributed by atoms with van der Waals surface area (Å²) in [5.74, 6) is -0.135. The molecule has 1 amide bonds. The molecule has 8 nitrogen and oxygen atoms in total. The van der Waals surface area contributed by atoms with E-state index in [4.69, 9.17) is 14.5 Å². The zero-order chi connectivity index (χ0) is 30.5. The van der Waals surface area contributed by atoms with Gasteiger partial charge in [0.25, 0.3) is 5.91 Å². The number of rotatable bonds is 10. The third-order valence-corrected chi connectivity index (χ3v) is 8.44. The third-order valence-electron chi connectivity index (χ3n) is 7.69. The van der Waals surface area contributed by atoms with Gasteiger partial charge in [0.2, 0.25) is 0 Å². The fourth-order valence-corrected chi connectivity index (χ4v) is 6.23. The lowest BCUT2D eigenvalue weighted by Crippen LogP contribution is -2.34. The molecule has 6 rings (SSSR count). The van der Waals surface area contributed by atoms with Crippen molar-refractivity contribution in [3.05, 3.63) is 107 Å². The summed E-state index contributed by atoms with van der Waals surface area (Å²) in [7, 11) is 0. The molecule has 0 aliphatic carbocycles. The number of anilines is 1. The van der Waals surface area contributed by atoms with E-state index in [9.17, 15) is 9.59 Å². The Bertz CT molecular complexity index is 1770. The summed E-state index contributed by atoms with van der Waals surface area (Å²) in [6.07, 6.45) is 0.0677. The molecule has 224 valence electrons. The zero-order valence-electron chi connectivity index (χ0n) is 24.8. The molecule has 1 unspecified atom stereocenters. The monoisotopic (exact) mass is 606 g/mol. The first kappa shape index (κ1) is 29.5. The third kappa shape index (κ3) is 6.49. The lowest BCUT2D eigenvalue weighted by molar-refractivity contribution is -0.124. The SMILES string of the molecule is CCOc1ccc(-c2csc(NC(=O)C(CC)OC(=O)c3c4c(nc5ccccc35)CCN(Cc3ccccc3)C4)n2)cc1. The molecule has 3 heterocycles. The molecule has 1 aliphatic heterocycles. The van der Waals surface area contributed by atoms with Crippen LogP contribution in [0.5, 0.6) is 5.75 Å². The fraction of sp³-hybridized carbons (Fsp3) is 0.257. The number of pyridine rings is 1. The first-order chi connectivity index (χ1) is 21.5. The molecular weight excluding hydrogens is 572 g/mol. The van der Waals surface area contributed by atoms with Gasteiger partial charge in [-0.15, -0.1) is 11.3 Å². The Morgan fingerprint density at radius 3 is 2.52 bits per heavy atom. The Kier molecular flexibility index (Phi) is 8.95. The van der Waals surface area contributed by atoms with Gasteiger partial charge in [0.05, 0.1) is 23.4 Å². The lowest BCUT2D eigenvalue weighted by atomic mass is 9.95. The number of carbonyl (C=O) groups excluding carboxylic acids is 2. The Morgan fingerprint density at radius 2 is 1.75 bits per heavy atom. The molecule has 1 N–H and O–H groups in total. The number of fused-ring (bicyclic) bond motifs is 2. The standard InChI is InChI=1S/C35H34N4O4S/c1-3-31(33(40)38-35-37-30(22-44-35)24-14-16-25(17-15-24)42-4-2)43-34(41)32-26-12-8-9-13-28(26)36-29-18-19-39(21-27(29)32)20-23-10-6-5-7-11-23/h5-17,22,31H,3-4,18-21H2,1-2H3,(H,37,38,40). The molecule has 0 saturated heterocycles. The van der Waals surface area contributed by atoms with Crippen LogP contribution in [0.4, 0.5) is 5.13 Å². The smallest absolute Gasteiger partial charge is 0.340 e. The topological polar surface area (TPSA) is 93.6 Å². The average molecular weight is 607 g/mol. The highest BCUT2D eigenvalue weighted by atomic mass is 32.1. The molecule has 1 atom stereocenters. The quantitative estimate of drug-likeness (QED) is 0.173. The maximum Gasteiger partial charge on any atom is 0.340 e. The molecule has 1 aliphatic rings. The van der Waals surface area contributed by atoms with Gasteiger partial charge in [0.15, 0.2) is 11.2 Å². The number of amides is 1. The van der Waals surface area contributed by atoms with Crippen LogP contribution in [0.25, 0.3) is 22.2 Å². The van der Waals surface area contributed by atoms with Crippen molar-refractivity contribution < 1.29 is 19.1 Å². The molecule has 0 bridgehead atoms. The number of para-hydroxylation sites is 1. The Morgan fingerprint density at radius 1 is 0.977 bits per heavy atom. The zero-order valence-corrected chi connectivity index (χ0v) is 25.6.